The van der Waals surface area contributed by atoms with E-state index in [4.69, 9.17) is 14.2 Å². The Labute approximate surface area is 163 Å². The van der Waals surface area contributed by atoms with Crippen LogP contribution in [-0.4, -0.2) is 44.3 Å². The zero-order valence-electron chi connectivity index (χ0n) is 16.1. The molecule has 0 spiro atoms. The van der Waals surface area contributed by atoms with Crippen LogP contribution < -0.4 is 14.4 Å². The highest BCUT2D eigenvalue weighted by atomic mass is 16.5. The molecule has 0 aromatic heterocycles. The van der Waals surface area contributed by atoms with Crippen molar-refractivity contribution < 1.29 is 29.0 Å². The van der Waals surface area contributed by atoms with Crippen LogP contribution >= 0.6 is 0 Å². The van der Waals surface area contributed by atoms with Crippen LogP contribution in [0.25, 0.3) is 6.08 Å². The van der Waals surface area contributed by atoms with Crippen molar-refractivity contribution in [2.75, 3.05) is 33.4 Å². The van der Waals surface area contributed by atoms with E-state index in [0.717, 1.165) is 18.7 Å². The highest BCUT2D eigenvalue weighted by Crippen LogP contribution is 2.41. The van der Waals surface area contributed by atoms with E-state index in [9.17, 15) is 9.90 Å². The van der Waals surface area contributed by atoms with Crippen LogP contribution in [0.2, 0.25) is 0 Å². The van der Waals surface area contributed by atoms with Gasteiger partial charge in [0.1, 0.15) is 31.1 Å². The van der Waals surface area contributed by atoms with Crippen molar-refractivity contribution in [3.63, 3.8) is 0 Å². The number of allylic oxidation sites excluding steroid dienone is 1. The van der Waals surface area contributed by atoms with Crippen molar-refractivity contribution in [1.82, 2.24) is 0 Å². The van der Waals surface area contributed by atoms with E-state index in [1.807, 2.05) is 31.2 Å². The third-order valence-electron chi connectivity index (χ3n) is 5.24. The quantitative estimate of drug-likeness (QED) is 0.789. The van der Waals surface area contributed by atoms with Gasteiger partial charge in [0.15, 0.2) is 11.5 Å². The average molecular weight is 382 g/mol. The number of carbonyl (C=O) groups excluding carboxylic acids is 1. The van der Waals surface area contributed by atoms with Crippen LogP contribution in [0.3, 0.4) is 0 Å². The number of methoxy groups -OCH3 is 1. The zero-order chi connectivity index (χ0) is 19.7. The molecule has 2 aromatic carbocycles. The number of ether oxygens (including phenoxy) is 3. The van der Waals surface area contributed by atoms with Crippen molar-refractivity contribution in [3.8, 4) is 17.2 Å². The summed E-state index contributed by atoms with van der Waals surface area (Å²) in [5.74, 6) is 1.47. The minimum atomic E-state index is -0.159. The van der Waals surface area contributed by atoms with Gasteiger partial charge in [0.2, 0.25) is 5.78 Å². The molecule has 28 heavy (non-hydrogen) atoms. The first-order valence-corrected chi connectivity index (χ1v) is 9.42. The Kier molecular flexibility index (Phi) is 5.07. The maximum Gasteiger partial charge on any atom is 0.232 e. The smallest absolute Gasteiger partial charge is 0.232 e. The van der Waals surface area contributed by atoms with Gasteiger partial charge in [0.05, 0.1) is 31.5 Å². The number of quaternary nitrogens is 1. The Morgan fingerprint density at radius 1 is 1.25 bits per heavy atom. The second-order valence-corrected chi connectivity index (χ2v) is 7.15. The topological polar surface area (TPSA) is 69.4 Å². The number of morpholine rings is 1. The Hall–Kier alpha value is -2.83. The maximum atomic E-state index is 13.0. The molecular formula is C22H24NO5+. The molecule has 146 valence electrons. The Balaban J connectivity index is 1.69. The van der Waals surface area contributed by atoms with Crippen LogP contribution in [0.5, 0.6) is 17.2 Å². The van der Waals surface area contributed by atoms with E-state index in [0.29, 0.717) is 47.9 Å². The van der Waals surface area contributed by atoms with Crippen LogP contribution in [0.4, 0.5) is 0 Å². The lowest BCUT2D eigenvalue weighted by Gasteiger charge is -2.24. The number of fused-ring (bicyclic) bond motifs is 1. The molecule has 0 unspecified atom stereocenters. The summed E-state index contributed by atoms with van der Waals surface area (Å²) in [5.41, 5.74) is 2.75. The van der Waals surface area contributed by atoms with Crippen LogP contribution in [0.15, 0.2) is 36.1 Å². The molecule has 2 aliphatic heterocycles. The van der Waals surface area contributed by atoms with Crippen molar-refractivity contribution in [2.24, 2.45) is 0 Å². The SMILES string of the molecule is COc1cccc(/C=C2\Oc3c(C[NH+]4CCOCC4)c(O)cc(C)c3C2=O)c1. The number of nitrogens with one attached hydrogen (secondary N) is 1. The van der Waals surface area contributed by atoms with Crippen LogP contribution in [0.1, 0.15) is 27.0 Å². The first-order valence-electron chi connectivity index (χ1n) is 9.42. The number of phenols is 1. The fraction of sp³-hybridized carbons (Fsp3) is 0.318. The number of phenolic OH excluding ortho intramolecular Hbond substituents is 1. The van der Waals surface area contributed by atoms with Gasteiger partial charge in [-0.15, -0.1) is 0 Å². The molecule has 0 atom stereocenters. The molecule has 2 heterocycles. The Bertz CT molecular complexity index is 944. The molecule has 2 aromatic rings. The van der Waals surface area contributed by atoms with E-state index >= 15 is 0 Å². The summed E-state index contributed by atoms with van der Waals surface area (Å²) in [5, 5.41) is 10.5. The Morgan fingerprint density at radius 3 is 2.79 bits per heavy atom. The molecule has 0 amide bonds. The number of aryl methyl sites for hydroxylation is 1. The number of benzene rings is 2. The summed E-state index contributed by atoms with van der Waals surface area (Å²) < 4.78 is 16.7. The monoisotopic (exact) mass is 382 g/mol. The van der Waals surface area contributed by atoms with Crippen LogP contribution in [0, 0.1) is 6.92 Å². The second kappa shape index (κ2) is 7.66. The molecule has 6 nitrogen and oxygen atoms in total. The van der Waals surface area contributed by atoms with Gasteiger partial charge in [-0.05, 0) is 42.3 Å². The van der Waals surface area contributed by atoms with E-state index in [2.05, 4.69) is 0 Å². The summed E-state index contributed by atoms with van der Waals surface area (Å²) >= 11 is 0. The number of rotatable bonds is 4. The predicted octanol–water partition coefficient (Wildman–Crippen LogP) is 1.74. The number of hydrogen-bond acceptors (Lipinski definition) is 5. The molecule has 2 N–H and O–H groups in total. The third-order valence-corrected chi connectivity index (χ3v) is 5.24. The molecule has 2 aliphatic rings. The molecule has 0 aliphatic carbocycles. The predicted molar refractivity (Wildman–Crippen MR) is 104 cm³/mol. The molecule has 4 rings (SSSR count). The van der Waals surface area contributed by atoms with Gasteiger partial charge in [0, 0.05) is 0 Å². The zero-order valence-corrected chi connectivity index (χ0v) is 16.1. The number of aromatic hydroxyl groups is 1. The summed E-state index contributed by atoms with van der Waals surface area (Å²) in [4.78, 5) is 14.3. The molecule has 6 heteroatoms. The van der Waals surface area contributed by atoms with E-state index in [1.54, 1.807) is 19.3 Å². The number of hydrogen-bond donors (Lipinski definition) is 2. The molecule has 1 fully saturated rings. The van der Waals surface area contributed by atoms with Gasteiger partial charge in [-0.25, -0.2) is 0 Å². The fourth-order valence-corrected chi connectivity index (χ4v) is 3.72. The standard InChI is InChI=1S/C22H23NO5/c1-14-10-18(24)17(13-23-6-8-27-9-7-23)22-20(14)21(25)19(28-22)12-15-4-3-5-16(11-15)26-2/h3-5,10-12,24H,6-9,13H2,1-2H3/p+1/b19-12-. The fourth-order valence-electron chi connectivity index (χ4n) is 3.72. The Morgan fingerprint density at radius 2 is 2.04 bits per heavy atom. The summed E-state index contributed by atoms with van der Waals surface area (Å²) in [7, 11) is 1.60. The highest BCUT2D eigenvalue weighted by molar-refractivity contribution is 6.15. The molecule has 0 saturated carbocycles. The lowest BCUT2D eigenvalue weighted by atomic mass is 9.99. The highest BCUT2D eigenvalue weighted by Gasteiger charge is 2.34. The summed E-state index contributed by atoms with van der Waals surface area (Å²) in [6, 6.07) is 9.10. The minimum Gasteiger partial charge on any atom is -0.507 e. The van der Waals surface area contributed by atoms with Gasteiger partial charge in [-0.3, -0.25) is 4.79 Å². The molecular weight excluding hydrogens is 358 g/mol. The van der Waals surface area contributed by atoms with Crippen molar-refractivity contribution in [2.45, 2.75) is 13.5 Å². The minimum absolute atomic E-state index is 0.159. The lowest BCUT2D eigenvalue weighted by molar-refractivity contribution is -0.921. The van der Waals surface area contributed by atoms with Gasteiger partial charge >= 0.3 is 0 Å². The van der Waals surface area contributed by atoms with Gasteiger partial charge in [0.25, 0.3) is 0 Å². The average Bonchev–Trinajstić information content (AvgIpc) is 3.02. The maximum absolute atomic E-state index is 13.0. The molecule has 1 saturated heterocycles. The summed E-state index contributed by atoms with van der Waals surface area (Å²) in [6.45, 7) is 5.54. The largest absolute Gasteiger partial charge is 0.507 e. The van der Waals surface area contributed by atoms with E-state index in [1.165, 1.54) is 4.90 Å². The number of Topliss-reactive ketones (excluding diaryl/α,β-unsaturated/α-hetero) is 1. The van der Waals surface area contributed by atoms with Crippen molar-refractivity contribution in [3.05, 3.63) is 58.3 Å². The van der Waals surface area contributed by atoms with Crippen molar-refractivity contribution >= 4 is 11.9 Å². The number of ketones is 1. The van der Waals surface area contributed by atoms with Gasteiger partial charge in [-0.2, -0.15) is 0 Å². The first kappa shape index (κ1) is 18.5. The molecule has 0 bridgehead atoms. The summed E-state index contributed by atoms with van der Waals surface area (Å²) in [6.07, 6.45) is 1.71. The van der Waals surface area contributed by atoms with Gasteiger partial charge < -0.3 is 24.2 Å². The molecule has 0 radical (unpaired) electrons. The van der Waals surface area contributed by atoms with E-state index < -0.39 is 0 Å². The third kappa shape index (κ3) is 3.48. The van der Waals surface area contributed by atoms with E-state index in [-0.39, 0.29) is 17.3 Å². The normalized spacial score (nSPS) is 18.2. The number of carbonyl (C=O) groups is 1. The lowest BCUT2D eigenvalue weighted by Crippen LogP contribution is -3.12. The van der Waals surface area contributed by atoms with Crippen molar-refractivity contribution in [1.29, 1.82) is 0 Å². The van der Waals surface area contributed by atoms with Crippen LogP contribution in [-0.2, 0) is 11.3 Å². The first-order chi connectivity index (χ1) is 13.6. The second-order valence-electron chi connectivity index (χ2n) is 7.15. The van der Waals surface area contributed by atoms with Gasteiger partial charge in [-0.1, -0.05) is 12.1 Å².